The van der Waals surface area contributed by atoms with E-state index in [1.165, 1.54) is 11.8 Å². The summed E-state index contributed by atoms with van der Waals surface area (Å²) in [7, 11) is 0. The Kier molecular flexibility index (Phi) is 9.83. The Morgan fingerprint density at radius 3 is 2.67 bits per heavy atom. The van der Waals surface area contributed by atoms with Crippen LogP contribution in [0.1, 0.15) is 77.4 Å². The van der Waals surface area contributed by atoms with E-state index in [9.17, 15) is 14.7 Å². The number of thioether (sulfide) groups is 1. The van der Waals surface area contributed by atoms with Crippen LogP contribution >= 0.6 is 11.8 Å². The molecule has 1 fully saturated rings. The van der Waals surface area contributed by atoms with Gasteiger partial charge in [-0.15, -0.1) is 11.8 Å². The second-order valence-electron chi connectivity index (χ2n) is 9.09. The molecule has 1 aromatic carbocycles. The minimum absolute atomic E-state index is 0.00238. The summed E-state index contributed by atoms with van der Waals surface area (Å²) in [6.07, 6.45) is 7.43. The number of amides is 1. The quantitative estimate of drug-likeness (QED) is 0.333. The van der Waals surface area contributed by atoms with Gasteiger partial charge in [-0.1, -0.05) is 44.4 Å². The lowest BCUT2D eigenvalue weighted by Gasteiger charge is -2.26. The maximum atomic E-state index is 12.6. The van der Waals surface area contributed by atoms with Crippen molar-refractivity contribution in [3.8, 4) is 0 Å². The number of benzene rings is 1. The Morgan fingerprint density at radius 1 is 1.21 bits per heavy atom. The number of unbranched alkanes of at least 4 members (excludes halogenated alkanes) is 2. The first-order valence-corrected chi connectivity index (χ1v) is 13.0. The van der Waals surface area contributed by atoms with Crippen molar-refractivity contribution in [3.05, 3.63) is 40.8 Å². The minimum Gasteiger partial charge on any atom is -0.459 e. The molecule has 0 aliphatic carbocycles. The molecule has 0 saturated carbocycles. The summed E-state index contributed by atoms with van der Waals surface area (Å²) in [5.74, 6) is -0.153. The van der Waals surface area contributed by atoms with Crippen LogP contribution in [0.3, 0.4) is 0 Å². The molecular formula is C26H37NO5S. The molecule has 1 N–H and O–H groups in total. The summed E-state index contributed by atoms with van der Waals surface area (Å²) in [5.41, 5.74) is 1.75. The monoisotopic (exact) mass is 475 g/mol. The predicted molar refractivity (Wildman–Crippen MR) is 132 cm³/mol. The highest BCUT2D eigenvalue weighted by Crippen LogP contribution is 2.34. The molecule has 1 saturated heterocycles. The average molecular weight is 476 g/mol. The number of rotatable bonds is 12. The average Bonchev–Trinajstić information content (AvgIpc) is 3.40. The summed E-state index contributed by atoms with van der Waals surface area (Å²) in [6, 6.07) is 7.71. The lowest BCUT2D eigenvalue weighted by atomic mass is 10.0. The van der Waals surface area contributed by atoms with Crippen molar-refractivity contribution in [2.75, 3.05) is 18.1 Å². The van der Waals surface area contributed by atoms with Gasteiger partial charge in [0.05, 0.1) is 36.4 Å². The third-order valence-electron chi connectivity index (χ3n) is 5.98. The molecule has 0 spiro atoms. The number of allylic oxidation sites excluding steroid dienone is 1. The molecule has 6 nitrogen and oxygen atoms in total. The van der Waals surface area contributed by atoms with Crippen LogP contribution in [0.25, 0.3) is 0 Å². The zero-order valence-electron chi connectivity index (χ0n) is 20.0. The lowest BCUT2D eigenvalue weighted by molar-refractivity contribution is -0.141. The van der Waals surface area contributed by atoms with Crippen molar-refractivity contribution in [2.45, 2.75) is 89.2 Å². The molecule has 2 aliphatic heterocycles. The van der Waals surface area contributed by atoms with E-state index in [1.54, 1.807) is 0 Å². The van der Waals surface area contributed by atoms with Gasteiger partial charge in [0.25, 0.3) is 0 Å². The second kappa shape index (κ2) is 12.6. The van der Waals surface area contributed by atoms with Gasteiger partial charge in [-0.25, -0.2) is 4.79 Å². The predicted octanol–water partition coefficient (Wildman–Crippen LogP) is 5.15. The maximum Gasteiger partial charge on any atom is 0.344 e. The zero-order valence-corrected chi connectivity index (χ0v) is 20.8. The number of aliphatic hydroxyl groups excluding tert-OH is 1. The smallest absolute Gasteiger partial charge is 0.344 e. The van der Waals surface area contributed by atoms with Gasteiger partial charge in [-0.2, -0.15) is 0 Å². The molecule has 7 heteroatoms. The molecule has 3 atom stereocenters. The van der Waals surface area contributed by atoms with Crippen LogP contribution in [0.5, 0.6) is 0 Å². The number of aliphatic hydroxyl groups is 1. The normalized spacial score (nSPS) is 21.5. The highest BCUT2D eigenvalue weighted by molar-refractivity contribution is 8.04. The molecule has 2 heterocycles. The van der Waals surface area contributed by atoms with Gasteiger partial charge in [0, 0.05) is 17.4 Å². The molecule has 1 unspecified atom stereocenters. The van der Waals surface area contributed by atoms with Crippen molar-refractivity contribution >= 4 is 29.3 Å². The maximum absolute atomic E-state index is 12.6. The van der Waals surface area contributed by atoms with Crippen molar-refractivity contribution in [3.63, 3.8) is 0 Å². The fourth-order valence-corrected chi connectivity index (χ4v) is 5.28. The van der Waals surface area contributed by atoms with Crippen LogP contribution in [0, 0.1) is 0 Å². The first kappa shape index (κ1) is 25.8. The number of hydrogen-bond donors (Lipinski definition) is 1. The number of nitrogens with zero attached hydrogens (tertiary/aromatic N) is 1. The van der Waals surface area contributed by atoms with Crippen LogP contribution in [-0.4, -0.2) is 47.6 Å². The number of esters is 1. The van der Waals surface area contributed by atoms with Crippen LogP contribution in [-0.2, 0) is 19.1 Å². The molecule has 182 valence electrons. The van der Waals surface area contributed by atoms with Gasteiger partial charge in [0.1, 0.15) is 0 Å². The van der Waals surface area contributed by atoms with E-state index in [4.69, 9.17) is 9.47 Å². The van der Waals surface area contributed by atoms with Gasteiger partial charge in [-0.3, -0.25) is 4.79 Å². The van der Waals surface area contributed by atoms with Gasteiger partial charge >= 0.3 is 5.97 Å². The van der Waals surface area contributed by atoms with Crippen molar-refractivity contribution in [1.82, 2.24) is 0 Å². The van der Waals surface area contributed by atoms with Gasteiger partial charge in [0.2, 0.25) is 5.91 Å². The first-order valence-electron chi connectivity index (χ1n) is 12.1. The number of anilines is 1. The fraction of sp³-hybridized carbons (Fsp3) is 0.615. The molecule has 3 rings (SSSR count). The number of hydrogen-bond acceptors (Lipinski definition) is 6. The van der Waals surface area contributed by atoms with E-state index in [0.29, 0.717) is 24.5 Å². The SMILES string of the molecule is CCCCC[C@H](O)c1ccc(N2C(=O)CC[C@@H]2COCC2CC=C(C(=O)OC(C)C)S2)cc1. The van der Waals surface area contributed by atoms with Gasteiger partial charge < -0.3 is 19.5 Å². The Labute approximate surface area is 201 Å². The van der Waals surface area contributed by atoms with Crippen molar-refractivity contribution in [2.24, 2.45) is 0 Å². The van der Waals surface area contributed by atoms with E-state index in [1.807, 2.05) is 49.1 Å². The fourth-order valence-electron chi connectivity index (χ4n) is 4.22. The third kappa shape index (κ3) is 7.33. The Balaban J connectivity index is 1.48. The third-order valence-corrected chi connectivity index (χ3v) is 7.23. The summed E-state index contributed by atoms with van der Waals surface area (Å²) in [4.78, 5) is 27.1. The summed E-state index contributed by atoms with van der Waals surface area (Å²) in [5, 5.41) is 10.6. The minimum atomic E-state index is -0.459. The Morgan fingerprint density at radius 2 is 1.97 bits per heavy atom. The van der Waals surface area contributed by atoms with E-state index >= 15 is 0 Å². The molecule has 0 aromatic heterocycles. The number of ether oxygens (including phenoxy) is 2. The highest BCUT2D eigenvalue weighted by Gasteiger charge is 2.33. The molecule has 0 radical (unpaired) electrons. The van der Waals surface area contributed by atoms with Gasteiger partial charge in [-0.05, 0) is 50.8 Å². The van der Waals surface area contributed by atoms with E-state index in [-0.39, 0.29) is 29.3 Å². The van der Waals surface area contributed by atoms with Crippen molar-refractivity contribution < 1.29 is 24.2 Å². The number of carbonyl (C=O) groups is 2. The second-order valence-corrected chi connectivity index (χ2v) is 10.4. The van der Waals surface area contributed by atoms with Crippen LogP contribution in [0.2, 0.25) is 0 Å². The topological polar surface area (TPSA) is 76.1 Å². The molecule has 0 bridgehead atoms. The number of carbonyl (C=O) groups excluding carboxylic acids is 2. The van der Waals surface area contributed by atoms with Crippen molar-refractivity contribution in [1.29, 1.82) is 0 Å². The van der Waals surface area contributed by atoms with E-state index in [2.05, 4.69) is 6.92 Å². The summed E-state index contributed by atoms with van der Waals surface area (Å²) >= 11 is 1.51. The molecule has 2 aliphatic rings. The van der Waals surface area contributed by atoms with Gasteiger partial charge in [0.15, 0.2) is 0 Å². The zero-order chi connectivity index (χ0) is 23.8. The lowest BCUT2D eigenvalue weighted by Crippen LogP contribution is -2.36. The Bertz CT molecular complexity index is 822. The molecule has 1 amide bonds. The summed E-state index contributed by atoms with van der Waals surface area (Å²) in [6.45, 7) is 6.84. The van der Waals surface area contributed by atoms with E-state index in [0.717, 1.165) is 49.8 Å². The molecular weight excluding hydrogens is 438 g/mol. The van der Waals surface area contributed by atoms with Crippen LogP contribution in [0.4, 0.5) is 5.69 Å². The largest absolute Gasteiger partial charge is 0.459 e. The molecule has 1 aromatic rings. The van der Waals surface area contributed by atoms with Crippen LogP contribution in [0.15, 0.2) is 35.2 Å². The highest BCUT2D eigenvalue weighted by atomic mass is 32.2. The van der Waals surface area contributed by atoms with Crippen LogP contribution < -0.4 is 4.90 Å². The first-order chi connectivity index (χ1) is 15.9. The summed E-state index contributed by atoms with van der Waals surface area (Å²) < 4.78 is 11.2. The Hall–Kier alpha value is -1.83. The van der Waals surface area contributed by atoms with E-state index < -0.39 is 6.10 Å². The standard InChI is InChI=1S/C26H37NO5S/c1-4-5-6-7-23(28)19-8-10-20(11-9-19)27-21(12-15-25(27)29)16-31-17-22-13-14-24(33-22)26(30)32-18(2)3/h8-11,14,18,21-23,28H,4-7,12-13,15-17H2,1-3H3/t21-,22?,23+/m1/s1. The molecule has 33 heavy (non-hydrogen) atoms.